The molecule has 2 saturated heterocycles. The van der Waals surface area contributed by atoms with E-state index in [2.05, 4.69) is 18.7 Å². The van der Waals surface area contributed by atoms with Crippen molar-refractivity contribution in [3.05, 3.63) is 0 Å². The summed E-state index contributed by atoms with van der Waals surface area (Å²) in [6.07, 6.45) is 5.08. The number of piperidine rings is 1. The zero-order chi connectivity index (χ0) is 11.5. The van der Waals surface area contributed by atoms with Crippen LogP contribution in [0.3, 0.4) is 0 Å². The summed E-state index contributed by atoms with van der Waals surface area (Å²) in [5.41, 5.74) is 0. The van der Waals surface area contributed by atoms with Gasteiger partial charge in [-0.2, -0.15) is 0 Å². The van der Waals surface area contributed by atoms with Crippen LogP contribution in [0.25, 0.3) is 0 Å². The first-order chi connectivity index (χ1) is 7.66. The molecule has 0 aliphatic carbocycles. The van der Waals surface area contributed by atoms with Crippen LogP contribution in [-0.4, -0.2) is 39.7 Å². The van der Waals surface area contributed by atoms with Crippen LogP contribution in [0.5, 0.6) is 0 Å². The smallest absolute Gasteiger partial charge is 0.0249 e. The SMILES string of the molecule is CC(C)C1CCN(C2CCS(=O)CC2)CC1. The van der Waals surface area contributed by atoms with Crippen LogP contribution >= 0.6 is 0 Å². The maximum Gasteiger partial charge on any atom is 0.0249 e. The normalized spacial score (nSPS) is 34.4. The van der Waals surface area contributed by atoms with Gasteiger partial charge in [0.2, 0.25) is 0 Å². The third kappa shape index (κ3) is 3.07. The number of hydrogen-bond donors (Lipinski definition) is 0. The first kappa shape index (κ1) is 12.6. The average Bonchev–Trinajstić information content (AvgIpc) is 2.30. The Bertz CT molecular complexity index is 236. The van der Waals surface area contributed by atoms with Gasteiger partial charge in [-0.05, 0) is 50.6 Å². The highest BCUT2D eigenvalue weighted by Gasteiger charge is 2.28. The lowest BCUT2D eigenvalue weighted by Gasteiger charge is -2.40. The molecule has 2 aliphatic heterocycles. The monoisotopic (exact) mass is 243 g/mol. The highest BCUT2D eigenvalue weighted by molar-refractivity contribution is 7.85. The summed E-state index contributed by atoms with van der Waals surface area (Å²) in [5, 5.41) is 0. The van der Waals surface area contributed by atoms with Crippen molar-refractivity contribution in [1.82, 2.24) is 4.90 Å². The molecule has 0 aromatic rings. The van der Waals surface area contributed by atoms with Crippen LogP contribution in [0.4, 0.5) is 0 Å². The lowest BCUT2D eigenvalue weighted by molar-refractivity contribution is 0.109. The molecule has 2 heterocycles. The molecular formula is C13H25NOS. The van der Waals surface area contributed by atoms with Gasteiger partial charge in [0.05, 0.1) is 0 Å². The van der Waals surface area contributed by atoms with Crippen LogP contribution < -0.4 is 0 Å². The highest BCUT2D eigenvalue weighted by Crippen LogP contribution is 2.27. The van der Waals surface area contributed by atoms with Crippen LogP contribution in [0.2, 0.25) is 0 Å². The van der Waals surface area contributed by atoms with Gasteiger partial charge in [-0.3, -0.25) is 4.21 Å². The summed E-state index contributed by atoms with van der Waals surface area (Å²) in [6.45, 7) is 7.26. The Labute approximate surface area is 102 Å². The van der Waals surface area contributed by atoms with E-state index in [1.807, 2.05) is 0 Å². The fraction of sp³-hybridized carbons (Fsp3) is 1.00. The van der Waals surface area contributed by atoms with E-state index in [0.29, 0.717) is 0 Å². The summed E-state index contributed by atoms with van der Waals surface area (Å²) in [6, 6.07) is 0.741. The Balaban J connectivity index is 1.78. The standard InChI is InChI=1S/C13H25NOS/c1-11(2)12-3-7-14(8-4-12)13-5-9-16(15)10-6-13/h11-13H,3-10H2,1-2H3. The number of likely N-dealkylation sites (tertiary alicyclic amines) is 1. The van der Waals surface area contributed by atoms with E-state index in [9.17, 15) is 4.21 Å². The molecule has 0 radical (unpaired) electrons. The Kier molecular flexibility index (Phi) is 4.42. The Morgan fingerprint density at radius 2 is 1.62 bits per heavy atom. The maximum atomic E-state index is 11.3. The molecule has 0 atom stereocenters. The second-order valence-corrected chi connectivity index (χ2v) is 7.39. The molecule has 2 aliphatic rings. The van der Waals surface area contributed by atoms with E-state index in [-0.39, 0.29) is 0 Å². The van der Waals surface area contributed by atoms with Crippen molar-refractivity contribution in [2.45, 2.75) is 45.6 Å². The van der Waals surface area contributed by atoms with Gasteiger partial charge in [0.25, 0.3) is 0 Å². The molecule has 16 heavy (non-hydrogen) atoms. The molecule has 0 aromatic carbocycles. The van der Waals surface area contributed by atoms with Gasteiger partial charge in [0.1, 0.15) is 0 Å². The van der Waals surface area contributed by atoms with Gasteiger partial charge in [-0.25, -0.2) is 0 Å². The highest BCUT2D eigenvalue weighted by atomic mass is 32.2. The summed E-state index contributed by atoms with van der Waals surface area (Å²) in [7, 11) is -0.506. The van der Waals surface area contributed by atoms with Crippen molar-refractivity contribution in [2.75, 3.05) is 24.6 Å². The predicted octanol–water partition coefficient (Wildman–Crippen LogP) is 2.27. The molecule has 94 valence electrons. The summed E-state index contributed by atoms with van der Waals surface area (Å²) < 4.78 is 11.3. The Hall–Kier alpha value is 0.110. The minimum Gasteiger partial charge on any atom is -0.300 e. The third-order valence-corrected chi connectivity index (χ3v) is 5.77. The first-order valence-electron chi connectivity index (χ1n) is 6.76. The zero-order valence-electron chi connectivity index (χ0n) is 10.7. The maximum absolute atomic E-state index is 11.3. The summed E-state index contributed by atoms with van der Waals surface area (Å²) in [5.74, 6) is 3.67. The van der Waals surface area contributed by atoms with Crippen molar-refractivity contribution < 1.29 is 4.21 Å². The quantitative estimate of drug-likeness (QED) is 0.741. The molecule has 0 saturated carbocycles. The Morgan fingerprint density at radius 1 is 1.06 bits per heavy atom. The molecule has 2 nitrogen and oxygen atoms in total. The lowest BCUT2D eigenvalue weighted by atomic mass is 9.86. The van der Waals surface area contributed by atoms with Gasteiger partial charge in [-0.15, -0.1) is 0 Å². The van der Waals surface area contributed by atoms with Gasteiger partial charge >= 0.3 is 0 Å². The Morgan fingerprint density at radius 3 is 2.12 bits per heavy atom. The van der Waals surface area contributed by atoms with E-state index in [0.717, 1.165) is 29.4 Å². The molecular weight excluding hydrogens is 218 g/mol. The molecule has 0 bridgehead atoms. The molecule has 0 spiro atoms. The van der Waals surface area contributed by atoms with Gasteiger partial charge in [0, 0.05) is 28.3 Å². The van der Waals surface area contributed by atoms with Crippen LogP contribution in [0.1, 0.15) is 39.5 Å². The summed E-state index contributed by atoms with van der Waals surface area (Å²) in [4.78, 5) is 2.66. The average molecular weight is 243 g/mol. The molecule has 3 heteroatoms. The number of rotatable bonds is 2. The van der Waals surface area contributed by atoms with Crippen molar-refractivity contribution in [3.63, 3.8) is 0 Å². The fourth-order valence-corrected chi connectivity index (χ4v) is 4.37. The van der Waals surface area contributed by atoms with E-state index in [1.54, 1.807) is 0 Å². The topological polar surface area (TPSA) is 20.3 Å². The fourth-order valence-electron chi connectivity index (χ4n) is 3.10. The lowest BCUT2D eigenvalue weighted by Crippen LogP contribution is -2.45. The van der Waals surface area contributed by atoms with E-state index in [4.69, 9.17) is 0 Å². The summed E-state index contributed by atoms with van der Waals surface area (Å²) >= 11 is 0. The van der Waals surface area contributed by atoms with Crippen molar-refractivity contribution in [2.24, 2.45) is 11.8 Å². The van der Waals surface area contributed by atoms with Crippen molar-refractivity contribution >= 4 is 10.8 Å². The molecule has 2 fully saturated rings. The first-order valence-corrected chi connectivity index (χ1v) is 8.24. The molecule has 0 N–H and O–H groups in total. The van der Waals surface area contributed by atoms with E-state index in [1.165, 1.54) is 38.8 Å². The van der Waals surface area contributed by atoms with Crippen LogP contribution in [0, 0.1) is 11.8 Å². The number of hydrogen-bond acceptors (Lipinski definition) is 2. The molecule has 0 aromatic heterocycles. The second kappa shape index (κ2) is 5.63. The minimum atomic E-state index is -0.506. The van der Waals surface area contributed by atoms with Crippen molar-refractivity contribution in [3.8, 4) is 0 Å². The van der Waals surface area contributed by atoms with Gasteiger partial charge in [0.15, 0.2) is 0 Å². The molecule has 0 unspecified atom stereocenters. The second-order valence-electron chi connectivity index (χ2n) is 5.70. The van der Waals surface area contributed by atoms with Gasteiger partial charge < -0.3 is 4.90 Å². The van der Waals surface area contributed by atoms with E-state index >= 15 is 0 Å². The van der Waals surface area contributed by atoms with Gasteiger partial charge in [-0.1, -0.05) is 13.8 Å². The minimum absolute atomic E-state index is 0.506. The van der Waals surface area contributed by atoms with Crippen molar-refractivity contribution in [1.29, 1.82) is 0 Å². The zero-order valence-corrected chi connectivity index (χ0v) is 11.5. The van der Waals surface area contributed by atoms with Crippen LogP contribution in [-0.2, 0) is 10.8 Å². The molecule has 0 amide bonds. The predicted molar refractivity (Wildman–Crippen MR) is 70.0 cm³/mol. The third-order valence-electron chi connectivity index (χ3n) is 4.39. The van der Waals surface area contributed by atoms with Crippen LogP contribution in [0.15, 0.2) is 0 Å². The molecule has 2 rings (SSSR count). The largest absolute Gasteiger partial charge is 0.300 e. The number of nitrogens with zero attached hydrogens (tertiary/aromatic N) is 1. The van der Waals surface area contributed by atoms with E-state index < -0.39 is 10.8 Å².